The maximum Gasteiger partial charge on any atom is 0.331 e. The van der Waals surface area contributed by atoms with Crippen LogP contribution in [0.15, 0.2) is 11.6 Å². The third kappa shape index (κ3) is 8.28. The molecule has 236 valence electrons. The van der Waals surface area contributed by atoms with Crippen molar-refractivity contribution >= 4 is 17.9 Å². The van der Waals surface area contributed by atoms with Crippen molar-refractivity contribution in [3.05, 3.63) is 11.6 Å². The second-order valence-corrected chi connectivity index (χ2v) is 12.3. The lowest BCUT2D eigenvalue weighted by molar-refractivity contribution is -0.150. The van der Waals surface area contributed by atoms with Gasteiger partial charge in [0.25, 0.3) is 0 Å². The summed E-state index contributed by atoms with van der Waals surface area (Å²) in [6.07, 6.45) is 8.59. The third-order valence-electron chi connectivity index (χ3n) is 9.83. The number of aliphatic hydroxyl groups excluding tert-OH is 5. The molecule has 8 atom stereocenters. The molecule has 11 heteroatoms. The summed E-state index contributed by atoms with van der Waals surface area (Å²) in [6, 6.07) is 0. The summed E-state index contributed by atoms with van der Waals surface area (Å²) >= 11 is 0. The van der Waals surface area contributed by atoms with E-state index in [1.54, 1.807) is 0 Å². The second kappa shape index (κ2) is 16.0. The first-order chi connectivity index (χ1) is 19.4. The molecule has 0 amide bonds. The summed E-state index contributed by atoms with van der Waals surface area (Å²) in [4.78, 5) is 33.3. The largest absolute Gasteiger partial charge is 0.481 e. The van der Waals surface area contributed by atoms with Gasteiger partial charge < -0.3 is 40.9 Å². The average Bonchev–Trinajstić information content (AvgIpc) is 3.41. The van der Waals surface area contributed by atoms with Crippen LogP contribution < -0.4 is 0 Å². The quantitative estimate of drug-likeness (QED) is 0.116. The fourth-order valence-corrected chi connectivity index (χ4v) is 7.59. The Morgan fingerprint density at radius 2 is 1.44 bits per heavy atom. The number of unbranched alkanes of at least 4 members (excludes halogenated alkanes) is 6. The van der Waals surface area contributed by atoms with Gasteiger partial charge in [-0.05, 0) is 62.9 Å². The maximum absolute atomic E-state index is 11.6. The topological polar surface area (TPSA) is 213 Å². The zero-order valence-electron chi connectivity index (χ0n) is 24.2. The van der Waals surface area contributed by atoms with Gasteiger partial charge in [-0.1, -0.05) is 45.4 Å². The molecule has 0 aromatic carbocycles. The van der Waals surface area contributed by atoms with Crippen molar-refractivity contribution in [3.63, 3.8) is 0 Å². The van der Waals surface area contributed by atoms with Gasteiger partial charge >= 0.3 is 17.9 Å². The van der Waals surface area contributed by atoms with E-state index in [0.29, 0.717) is 38.5 Å². The van der Waals surface area contributed by atoms with Gasteiger partial charge in [0.05, 0.1) is 24.2 Å². The standard InChI is InChI=1S/C15H20O6.C15H30O5/c1-14(6-16)9-5-15(11(17)4-7(9)12(18)19)8(13(20)21)2-3-10(14)15;16-12-8-4-6-10-14(18)13(17)9-5-2-1-3-7-11-15(19)20/h4,8-11,16-17H,2-3,5-6H2,1H3,(H,18,19)(H,20,21);13-14,16-18H,1-12H2,(H,19,20). The zero-order valence-corrected chi connectivity index (χ0v) is 24.2. The molecule has 0 aromatic rings. The highest BCUT2D eigenvalue weighted by Crippen LogP contribution is 2.71. The molecule has 3 aliphatic carbocycles. The average molecular weight is 587 g/mol. The minimum absolute atomic E-state index is 0.114. The molecule has 41 heavy (non-hydrogen) atoms. The van der Waals surface area contributed by atoms with Crippen LogP contribution in [-0.4, -0.2) is 90.3 Å². The van der Waals surface area contributed by atoms with Gasteiger partial charge in [-0.3, -0.25) is 9.59 Å². The Kier molecular flexibility index (Phi) is 13.7. The van der Waals surface area contributed by atoms with Crippen LogP contribution in [0.2, 0.25) is 0 Å². The van der Waals surface area contributed by atoms with Gasteiger partial charge in [-0.2, -0.15) is 0 Å². The van der Waals surface area contributed by atoms with E-state index >= 15 is 0 Å². The Hall–Kier alpha value is -2.05. The first-order valence-corrected chi connectivity index (χ1v) is 15.0. The number of carboxylic acid groups (broad SMARTS) is 3. The van der Waals surface area contributed by atoms with Crippen molar-refractivity contribution < 1.29 is 55.2 Å². The molecule has 8 unspecified atom stereocenters. The lowest BCUT2D eigenvalue weighted by Gasteiger charge is -2.40. The summed E-state index contributed by atoms with van der Waals surface area (Å²) in [7, 11) is 0. The maximum atomic E-state index is 11.6. The summed E-state index contributed by atoms with van der Waals surface area (Å²) in [5.41, 5.74) is -1.41. The molecule has 3 aliphatic rings. The number of rotatable bonds is 17. The van der Waals surface area contributed by atoms with E-state index in [-0.39, 0.29) is 31.1 Å². The SMILES string of the molecule is CC1(CO)C2CC3(C(O)C=C2C(=O)O)C(C(=O)O)CCC13.O=C(O)CCCCCCCC(O)C(O)CCCCCO. The molecule has 1 spiro atoms. The minimum Gasteiger partial charge on any atom is -0.481 e. The number of hydrogen-bond donors (Lipinski definition) is 8. The molecule has 2 fully saturated rings. The molecular weight excluding hydrogens is 536 g/mol. The van der Waals surface area contributed by atoms with E-state index in [4.69, 9.17) is 10.2 Å². The van der Waals surface area contributed by atoms with Gasteiger partial charge in [0, 0.05) is 36.0 Å². The van der Waals surface area contributed by atoms with Crippen molar-refractivity contribution in [2.75, 3.05) is 13.2 Å². The molecule has 0 radical (unpaired) electrons. The monoisotopic (exact) mass is 586 g/mol. The summed E-state index contributed by atoms with van der Waals surface area (Å²) < 4.78 is 0. The number of hydrogen-bond acceptors (Lipinski definition) is 8. The van der Waals surface area contributed by atoms with E-state index in [0.717, 1.165) is 44.9 Å². The van der Waals surface area contributed by atoms with Crippen LogP contribution in [0.1, 0.15) is 96.8 Å². The smallest absolute Gasteiger partial charge is 0.331 e. The third-order valence-corrected chi connectivity index (χ3v) is 9.83. The molecule has 3 rings (SSSR count). The van der Waals surface area contributed by atoms with Crippen LogP contribution in [0.4, 0.5) is 0 Å². The van der Waals surface area contributed by atoms with Crippen LogP contribution in [0.25, 0.3) is 0 Å². The van der Waals surface area contributed by atoms with Gasteiger partial charge in [-0.25, -0.2) is 4.79 Å². The van der Waals surface area contributed by atoms with Gasteiger partial charge in [0.1, 0.15) is 0 Å². The molecular formula is C30H50O11. The first-order valence-electron chi connectivity index (χ1n) is 15.0. The lowest BCUT2D eigenvalue weighted by atomic mass is 9.65. The number of aliphatic hydroxyl groups is 5. The highest BCUT2D eigenvalue weighted by molar-refractivity contribution is 5.88. The van der Waals surface area contributed by atoms with E-state index in [2.05, 4.69) is 0 Å². The van der Waals surface area contributed by atoms with Crippen molar-refractivity contribution in [3.8, 4) is 0 Å². The highest BCUT2D eigenvalue weighted by Gasteiger charge is 2.71. The predicted molar refractivity (Wildman–Crippen MR) is 149 cm³/mol. The van der Waals surface area contributed by atoms with E-state index in [1.165, 1.54) is 6.08 Å². The highest BCUT2D eigenvalue weighted by atomic mass is 16.4. The van der Waals surface area contributed by atoms with Crippen molar-refractivity contribution in [2.45, 2.75) is 115 Å². The van der Waals surface area contributed by atoms with Crippen LogP contribution in [-0.2, 0) is 14.4 Å². The minimum atomic E-state index is -1.10. The molecule has 0 saturated heterocycles. The number of aliphatic carboxylic acids is 3. The molecule has 2 saturated carbocycles. The van der Waals surface area contributed by atoms with Crippen molar-refractivity contribution in [1.29, 1.82) is 0 Å². The normalized spacial score (nSPS) is 31.4. The Morgan fingerprint density at radius 1 is 0.878 bits per heavy atom. The van der Waals surface area contributed by atoms with Crippen LogP contribution >= 0.6 is 0 Å². The van der Waals surface area contributed by atoms with Gasteiger partial charge in [0.2, 0.25) is 0 Å². The summed E-state index contributed by atoms with van der Waals surface area (Å²) in [6.45, 7) is 1.80. The number of carboxylic acids is 3. The molecule has 11 nitrogen and oxygen atoms in total. The first kappa shape index (κ1) is 35.1. The Balaban J connectivity index is 0.000000288. The van der Waals surface area contributed by atoms with E-state index in [1.807, 2.05) is 6.92 Å². The van der Waals surface area contributed by atoms with E-state index in [9.17, 15) is 45.0 Å². The molecule has 0 aliphatic heterocycles. The second-order valence-electron chi connectivity index (χ2n) is 12.3. The van der Waals surface area contributed by atoms with Gasteiger partial charge in [-0.15, -0.1) is 0 Å². The predicted octanol–water partition coefficient (Wildman–Crippen LogP) is 2.56. The zero-order chi connectivity index (χ0) is 30.8. The molecule has 8 N–H and O–H groups in total. The number of fused-ring (bicyclic) bond motifs is 1. The van der Waals surface area contributed by atoms with Crippen molar-refractivity contribution in [1.82, 2.24) is 0 Å². The molecule has 2 bridgehead atoms. The Morgan fingerprint density at radius 3 is 1.95 bits per heavy atom. The molecule has 0 heterocycles. The van der Waals surface area contributed by atoms with Crippen LogP contribution in [0, 0.1) is 28.6 Å². The lowest BCUT2D eigenvalue weighted by Crippen LogP contribution is -2.45. The van der Waals surface area contributed by atoms with E-state index < -0.39 is 58.9 Å². The summed E-state index contributed by atoms with van der Waals surface area (Å²) in [5.74, 6) is -4.05. The Labute approximate surface area is 241 Å². The van der Waals surface area contributed by atoms with Crippen LogP contribution in [0.3, 0.4) is 0 Å². The van der Waals surface area contributed by atoms with Crippen LogP contribution in [0.5, 0.6) is 0 Å². The molecule has 0 aromatic heterocycles. The number of carbonyl (C=O) groups is 3. The fourth-order valence-electron chi connectivity index (χ4n) is 7.59. The summed E-state index contributed by atoms with van der Waals surface area (Å²) in [5, 5.41) is 75.9. The van der Waals surface area contributed by atoms with Gasteiger partial charge in [0.15, 0.2) is 0 Å². The fraction of sp³-hybridized carbons (Fsp3) is 0.833. The Bertz CT molecular complexity index is 905. The van der Waals surface area contributed by atoms with Crippen molar-refractivity contribution in [2.24, 2.45) is 28.6 Å².